The fourth-order valence-electron chi connectivity index (χ4n) is 2.39. The van der Waals surface area contributed by atoms with Gasteiger partial charge in [-0.25, -0.2) is 9.67 Å². The van der Waals surface area contributed by atoms with Crippen molar-refractivity contribution in [2.24, 2.45) is 0 Å². The van der Waals surface area contributed by atoms with Crippen molar-refractivity contribution in [3.05, 3.63) is 48.0 Å². The molecule has 0 unspecified atom stereocenters. The zero-order valence-electron chi connectivity index (χ0n) is 10.3. The van der Waals surface area contributed by atoms with Crippen LogP contribution in [-0.4, -0.2) is 19.2 Å². The Bertz CT molecular complexity index is 739. The molecule has 4 rings (SSSR count). The molecule has 0 aliphatic heterocycles. The number of nitrogens with zero attached hydrogens (tertiary/aromatic N) is 4. The van der Waals surface area contributed by atoms with Gasteiger partial charge in [-0.2, -0.15) is 5.10 Å². The molecular weight excluding hydrogens is 260 g/mol. The predicted molar refractivity (Wildman–Crippen MR) is 73.8 cm³/mol. The minimum absolute atomic E-state index is 0.416. The maximum Gasteiger partial charge on any atom is 0.176 e. The summed E-state index contributed by atoms with van der Waals surface area (Å²) in [6, 6.07) is 8.01. The van der Waals surface area contributed by atoms with Crippen LogP contribution >= 0.6 is 11.6 Å². The van der Waals surface area contributed by atoms with Crippen molar-refractivity contribution in [1.82, 2.24) is 19.2 Å². The third kappa shape index (κ3) is 1.75. The zero-order chi connectivity index (χ0) is 12.8. The van der Waals surface area contributed by atoms with Crippen molar-refractivity contribution >= 4 is 17.2 Å². The van der Waals surface area contributed by atoms with E-state index in [-0.39, 0.29) is 0 Å². The van der Waals surface area contributed by atoms with E-state index < -0.39 is 0 Å². The molecule has 19 heavy (non-hydrogen) atoms. The van der Waals surface area contributed by atoms with Crippen molar-refractivity contribution < 1.29 is 0 Å². The van der Waals surface area contributed by atoms with Crippen LogP contribution in [0.1, 0.15) is 30.1 Å². The summed E-state index contributed by atoms with van der Waals surface area (Å²) in [6.07, 6.45) is 6.47. The Morgan fingerprint density at radius 3 is 2.89 bits per heavy atom. The van der Waals surface area contributed by atoms with Gasteiger partial charge < -0.3 is 4.40 Å². The van der Waals surface area contributed by atoms with Crippen LogP contribution in [0.2, 0.25) is 0 Å². The number of halogens is 1. The van der Waals surface area contributed by atoms with Gasteiger partial charge >= 0.3 is 0 Å². The normalized spacial score (nSPS) is 15.2. The molecule has 3 aromatic rings. The summed E-state index contributed by atoms with van der Waals surface area (Å²) >= 11 is 6.08. The van der Waals surface area contributed by atoms with Gasteiger partial charge in [-0.3, -0.25) is 0 Å². The molecule has 3 heterocycles. The minimum atomic E-state index is 0.416. The Hall–Kier alpha value is -1.81. The summed E-state index contributed by atoms with van der Waals surface area (Å²) in [5, 5.41) is 4.63. The summed E-state index contributed by atoms with van der Waals surface area (Å²) < 4.78 is 3.86. The smallest absolute Gasteiger partial charge is 0.176 e. The molecule has 1 aliphatic rings. The van der Waals surface area contributed by atoms with Crippen molar-refractivity contribution in [1.29, 1.82) is 0 Å². The summed E-state index contributed by atoms with van der Waals surface area (Å²) in [7, 11) is 0. The molecule has 0 amide bonds. The first-order chi connectivity index (χ1) is 9.36. The molecule has 1 fully saturated rings. The van der Waals surface area contributed by atoms with Gasteiger partial charge in [0.05, 0.1) is 17.3 Å². The van der Waals surface area contributed by atoms with Crippen molar-refractivity contribution in [3.63, 3.8) is 0 Å². The molecule has 0 saturated heterocycles. The van der Waals surface area contributed by atoms with E-state index in [9.17, 15) is 0 Å². The molecule has 0 bridgehead atoms. The fourth-order valence-corrected chi connectivity index (χ4v) is 2.64. The van der Waals surface area contributed by atoms with Crippen LogP contribution in [0.4, 0.5) is 0 Å². The molecule has 0 radical (unpaired) electrons. The maximum absolute atomic E-state index is 6.08. The Labute approximate surface area is 115 Å². The minimum Gasteiger partial charge on any atom is -0.301 e. The lowest BCUT2D eigenvalue weighted by atomic mass is 10.3. The van der Waals surface area contributed by atoms with Gasteiger partial charge in [0.1, 0.15) is 5.65 Å². The van der Waals surface area contributed by atoms with Gasteiger partial charge in [-0.05, 0) is 31.0 Å². The third-order valence-corrected chi connectivity index (χ3v) is 3.81. The first-order valence-corrected chi connectivity index (χ1v) is 6.98. The molecule has 5 heteroatoms. The maximum atomic E-state index is 6.08. The van der Waals surface area contributed by atoms with E-state index in [1.54, 1.807) is 0 Å². The molecule has 0 N–H and O–H groups in total. The van der Waals surface area contributed by atoms with Crippen LogP contribution in [0.3, 0.4) is 0 Å². The summed E-state index contributed by atoms with van der Waals surface area (Å²) in [6.45, 7) is 0. The molecule has 4 nitrogen and oxygen atoms in total. The topological polar surface area (TPSA) is 35.1 Å². The molecule has 1 aliphatic carbocycles. The average molecular weight is 273 g/mol. The molecule has 0 atom stereocenters. The monoisotopic (exact) mass is 272 g/mol. The number of fused-ring (bicyclic) bond motifs is 1. The number of imidazole rings is 1. The first-order valence-electron chi connectivity index (χ1n) is 6.44. The highest BCUT2D eigenvalue weighted by Crippen LogP contribution is 2.39. The quantitative estimate of drug-likeness (QED) is 0.687. The van der Waals surface area contributed by atoms with Crippen molar-refractivity contribution in [3.8, 4) is 5.82 Å². The summed E-state index contributed by atoms with van der Waals surface area (Å²) in [5.41, 5.74) is 3.04. The molecule has 0 spiro atoms. The van der Waals surface area contributed by atoms with E-state index in [2.05, 4.69) is 16.1 Å². The molecule has 0 aromatic carbocycles. The van der Waals surface area contributed by atoms with Gasteiger partial charge in [-0.15, -0.1) is 11.6 Å². The van der Waals surface area contributed by atoms with Gasteiger partial charge in [0.2, 0.25) is 0 Å². The lowest BCUT2D eigenvalue weighted by molar-refractivity contribution is 0.810. The Morgan fingerprint density at radius 1 is 1.21 bits per heavy atom. The van der Waals surface area contributed by atoms with E-state index >= 15 is 0 Å². The number of alkyl halides is 1. The van der Waals surface area contributed by atoms with Crippen LogP contribution in [-0.2, 0) is 5.88 Å². The second-order valence-electron chi connectivity index (χ2n) is 4.90. The second-order valence-corrected chi connectivity index (χ2v) is 5.17. The summed E-state index contributed by atoms with van der Waals surface area (Å²) in [5.74, 6) is 1.89. The predicted octanol–water partition coefficient (Wildman–Crippen LogP) is 3.14. The van der Waals surface area contributed by atoms with E-state index in [1.807, 2.05) is 39.7 Å². The van der Waals surface area contributed by atoms with Crippen LogP contribution in [0.5, 0.6) is 0 Å². The van der Waals surface area contributed by atoms with Crippen LogP contribution in [0, 0.1) is 0 Å². The van der Waals surface area contributed by atoms with Crippen LogP contribution < -0.4 is 0 Å². The highest BCUT2D eigenvalue weighted by atomic mass is 35.5. The highest BCUT2D eigenvalue weighted by Gasteiger charge is 2.26. The Balaban J connectivity index is 1.88. The highest BCUT2D eigenvalue weighted by molar-refractivity contribution is 6.17. The van der Waals surface area contributed by atoms with Gasteiger partial charge in [-0.1, -0.05) is 6.07 Å². The van der Waals surface area contributed by atoms with Crippen molar-refractivity contribution in [2.45, 2.75) is 24.6 Å². The van der Waals surface area contributed by atoms with E-state index in [0.717, 1.165) is 22.9 Å². The van der Waals surface area contributed by atoms with Crippen LogP contribution in [0.15, 0.2) is 36.7 Å². The standard InChI is InChI=1S/C14H13ClN4/c15-9-12-14(16-13-3-1-2-7-18(12)13)19-8-6-11(17-19)10-4-5-10/h1-3,6-8,10H,4-5,9H2. The van der Waals surface area contributed by atoms with E-state index in [4.69, 9.17) is 11.6 Å². The molecule has 3 aromatic heterocycles. The lowest BCUT2D eigenvalue weighted by Crippen LogP contribution is -2.00. The number of pyridine rings is 1. The lowest BCUT2D eigenvalue weighted by Gasteiger charge is -2.00. The molecule has 1 saturated carbocycles. The van der Waals surface area contributed by atoms with Crippen LogP contribution in [0.25, 0.3) is 11.5 Å². The first kappa shape index (κ1) is 11.1. The Morgan fingerprint density at radius 2 is 2.11 bits per heavy atom. The van der Waals surface area contributed by atoms with E-state index in [0.29, 0.717) is 11.8 Å². The van der Waals surface area contributed by atoms with E-state index in [1.165, 1.54) is 12.8 Å². The fraction of sp³-hybridized carbons (Fsp3) is 0.286. The average Bonchev–Trinajstić information content (AvgIpc) is 3.05. The van der Waals surface area contributed by atoms with Gasteiger partial charge in [0.25, 0.3) is 0 Å². The number of hydrogen-bond donors (Lipinski definition) is 0. The largest absolute Gasteiger partial charge is 0.301 e. The number of rotatable bonds is 3. The molecular formula is C14H13ClN4. The zero-order valence-corrected chi connectivity index (χ0v) is 11.1. The number of aromatic nitrogens is 4. The SMILES string of the molecule is ClCc1c(-n2ccc(C3CC3)n2)nc2ccccn12. The molecule has 96 valence electrons. The van der Waals surface area contributed by atoms with Gasteiger partial charge in [0.15, 0.2) is 5.82 Å². The Kier molecular flexibility index (Phi) is 2.38. The number of hydrogen-bond acceptors (Lipinski definition) is 2. The van der Waals surface area contributed by atoms with Gasteiger partial charge in [0, 0.05) is 18.3 Å². The third-order valence-electron chi connectivity index (χ3n) is 3.56. The van der Waals surface area contributed by atoms with Crippen molar-refractivity contribution in [2.75, 3.05) is 0 Å². The summed E-state index contributed by atoms with van der Waals surface area (Å²) in [4.78, 5) is 4.63. The second kappa shape index (κ2) is 4.10.